The van der Waals surface area contributed by atoms with Crippen LogP contribution in [0.5, 0.6) is 0 Å². The van der Waals surface area contributed by atoms with Gasteiger partial charge in [-0.1, -0.05) is 18.9 Å². The van der Waals surface area contributed by atoms with Crippen molar-refractivity contribution in [3.63, 3.8) is 0 Å². The lowest BCUT2D eigenvalue weighted by Gasteiger charge is -2.25. The monoisotopic (exact) mass is 225 g/mol. The fraction of sp³-hybridized carbons (Fsp3) is 0.538. The first kappa shape index (κ1) is 11.5. The minimum atomic E-state index is -0.782. The molecule has 0 unspecified atom stereocenters. The van der Waals surface area contributed by atoms with E-state index in [1.54, 1.807) is 6.07 Å². The lowest BCUT2D eigenvalue weighted by Crippen LogP contribution is -2.38. The van der Waals surface area contributed by atoms with Gasteiger partial charge in [-0.25, -0.2) is 8.78 Å². The summed E-state index contributed by atoms with van der Waals surface area (Å²) in [5, 5.41) is 3.43. The Morgan fingerprint density at radius 2 is 1.88 bits per heavy atom. The molecule has 0 saturated heterocycles. The van der Waals surface area contributed by atoms with E-state index in [2.05, 4.69) is 12.2 Å². The van der Waals surface area contributed by atoms with Crippen LogP contribution in [0.25, 0.3) is 0 Å². The van der Waals surface area contributed by atoms with Crippen LogP contribution in [0.4, 0.5) is 8.78 Å². The van der Waals surface area contributed by atoms with Crippen LogP contribution in [0.1, 0.15) is 38.2 Å². The molecule has 1 aliphatic carbocycles. The molecule has 1 aromatic carbocycles. The van der Waals surface area contributed by atoms with Crippen LogP contribution in [-0.4, -0.2) is 5.54 Å². The molecule has 3 heteroatoms. The molecule has 1 aromatic rings. The van der Waals surface area contributed by atoms with Crippen LogP contribution in [0.3, 0.4) is 0 Å². The first-order valence-electron chi connectivity index (χ1n) is 5.78. The van der Waals surface area contributed by atoms with Crippen molar-refractivity contribution in [1.82, 2.24) is 5.32 Å². The third-order valence-corrected chi connectivity index (χ3v) is 3.41. The summed E-state index contributed by atoms with van der Waals surface area (Å²) in [6.07, 6.45) is 4.83. The number of rotatable bonds is 3. The van der Waals surface area contributed by atoms with Crippen molar-refractivity contribution < 1.29 is 8.78 Å². The summed E-state index contributed by atoms with van der Waals surface area (Å²) in [4.78, 5) is 0. The largest absolute Gasteiger partial charge is 0.307 e. The number of hydrogen-bond acceptors (Lipinski definition) is 1. The highest BCUT2D eigenvalue weighted by molar-refractivity contribution is 5.17. The van der Waals surface area contributed by atoms with E-state index in [1.807, 2.05) is 0 Å². The standard InChI is InChI=1S/C13H17F2N/c1-13(6-2-3-7-13)16-9-10-4-5-11(14)12(15)8-10/h4-5,8,16H,2-3,6-7,9H2,1H3. The summed E-state index contributed by atoms with van der Waals surface area (Å²) in [6, 6.07) is 4.08. The van der Waals surface area contributed by atoms with Gasteiger partial charge in [-0.2, -0.15) is 0 Å². The van der Waals surface area contributed by atoms with Crippen molar-refractivity contribution in [3.8, 4) is 0 Å². The van der Waals surface area contributed by atoms with Gasteiger partial charge in [0.15, 0.2) is 11.6 Å². The zero-order valence-electron chi connectivity index (χ0n) is 9.52. The molecule has 1 fully saturated rings. The fourth-order valence-corrected chi connectivity index (χ4v) is 2.30. The number of hydrogen-bond donors (Lipinski definition) is 1. The maximum atomic E-state index is 13.0. The molecule has 1 saturated carbocycles. The summed E-state index contributed by atoms with van der Waals surface area (Å²) in [7, 11) is 0. The molecule has 88 valence electrons. The average molecular weight is 225 g/mol. The third-order valence-electron chi connectivity index (χ3n) is 3.41. The predicted molar refractivity (Wildman–Crippen MR) is 60.1 cm³/mol. The Labute approximate surface area is 94.9 Å². The topological polar surface area (TPSA) is 12.0 Å². The van der Waals surface area contributed by atoms with Crippen molar-refractivity contribution in [3.05, 3.63) is 35.4 Å². The van der Waals surface area contributed by atoms with E-state index >= 15 is 0 Å². The normalized spacial score (nSPS) is 18.9. The van der Waals surface area contributed by atoms with Gasteiger partial charge in [0.1, 0.15) is 0 Å². The molecule has 1 nitrogen and oxygen atoms in total. The van der Waals surface area contributed by atoms with E-state index in [1.165, 1.54) is 25.0 Å². The molecule has 0 aromatic heterocycles. The molecule has 0 bridgehead atoms. The van der Waals surface area contributed by atoms with E-state index in [9.17, 15) is 8.78 Å². The van der Waals surface area contributed by atoms with Crippen molar-refractivity contribution in [1.29, 1.82) is 0 Å². The molecule has 0 atom stereocenters. The Bertz CT molecular complexity index is 370. The molecule has 2 rings (SSSR count). The van der Waals surface area contributed by atoms with Crippen molar-refractivity contribution >= 4 is 0 Å². The Hall–Kier alpha value is -0.960. The van der Waals surface area contributed by atoms with Crippen LogP contribution >= 0.6 is 0 Å². The second-order valence-corrected chi connectivity index (χ2v) is 4.87. The molecule has 1 aliphatic rings. The van der Waals surface area contributed by atoms with Crippen LogP contribution in [0.15, 0.2) is 18.2 Å². The molecule has 0 spiro atoms. The average Bonchev–Trinajstić information content (AvgIpc) is 2.68. The fourth-order valence-electron chi connectivity index (χ4n) is 2.30. The van der Waals surface area contributed by atoms with Crippen LogP contribution in [0, 0.1) is 11.6 Å². The molecule has 0 heterocycles. The minimum absolute atomic E-state index is 0.171. The molecular formula is C13H17F2N. The van der Waals surface area contributed by atoms with E-state index in [-0.39, 0.29) is 5.54 Å². The number of halogens is 2. The van der Waals surface area contributed by atoms with Gasteiger partial charge in [0.05, 0.1) is 0 Å². The Morgan fingerprint density at radius 1 is 1.19 bits per heavy atom. The molecule has 0 aliphatic heterocycles. The SMILES string of the molecule is CC1(NCc2ccc(F)c(F)c2)CCCC1. The summed E-state index contributed by atoms with van der Waals surface area (Å²) in [6.45, 7) is 2.80. The zero-order chi connectivity index (χ0) is 11.6. The van der Waals surface area contributed by atoms with Gasteiger partial charge in [0.2, 0.25) is 0 Å². The first-order valence-corrected chi connectivity index (χ1v) is 5.78. The maximum Gasteiger partial charge on any atom is 0.159 e. The molecule has 0 radical (unpaired) electrons. The van der Waals surface area contributed by atoms with Crippen LogP contribution in [-0.2, 0) is 6.54 Å². The maximum absolute atomic E-state index is 13.0. The van der Waals surface area contributed by atoms with E-state index in [4.69, 9.17) is 0 Å². The number of benzene rings is 1. The van der Waals surface area contributed by atoms with Gasteiger partial charge in [-0.3, -0.25) is 0 Å². The van der Waals surface area contributed by atoms with E-state index in [0.29, 0.717) is 6.54 Å². The minimum Gasteiger partial charge on any atom is -0.307 e. The lowest BCUT2D eigenvalue weighted by atomic mass is 10.0. The summed E-state index contributed by atoms with van der Waals surface area (Å²) >= 11 is 0. The van der Waals surface area contributed by atoms with Gasteiger partial charge in [-0.15, -0.1) is 0 Å². The van der Waals surface area contributed by atoms with Crippen molar-refractivity contribution in [2.75, 3.05) is 0 Å². The van der Waals surface area contributed by atoms with Crippen molar-refractivity contribution in [2.24, 2.45) is 0 Å². The zero-order valence-corrected chi connectivity index (χ0v) is 9.52. The van der Waals surface area contributed by atoms with Gasteiger partial charge in [0.25, 0.3) is 0 Å². The number of nitrogens with one attached hydrogen (secondary N) is 1. The third kappa shape index (κ3) is 2.59. The van der Waals surface area contributed by atoms with Gasteiger partial charge in [0, 0.05) is 12.1 Å². The lowest BCUT2D eigenvalue weighted by molar-refractivity contribution is 0.362. The van der Waals surface area contributed by atoms with Gasteiger partial charge >= 0.3 is 0 Å². The highest BCUT2D eigenvalue weighted by Crippen LogP contribution is 2.29. The first-order chi connectivity index (χ1) is 7.59. The van der Waals surface area contributed by atoms with Gasteiger partial charge < -0.3 is 5.32 Å². The van der Waals surface area contributed by atoms with Crippen LogP contribution in [0.2, 0.25) is 0 Å². The summed E-state index contributed by atoms with van der Waals surface area (Å²) < 4.78 is 25.7. The highest BCUT2D eigenvalue weighted by atomic mass is 19.2. The smallest absolute Gasteiger partial charge is 0.159 e. The second-order valence-electron chi connectivity index (χ2n) is 4.87. The van der Waals surface area contributed by atoms with E-state index in [0.717, 1.165) is 18.4 Å². The molecule has 16 heavy (non-hydrogen) atoms. The Balaban J connectivity index is 1.96. The molecular weight excluding hydrogens is 208 g/mol. The second kappa shape index (κ2) is 4.50. The van der Waals surface area contributed by atoms with Crippen LogP contribution < -0.4 is 5.32 Å². The summed E-state index contributed by atoms with van der Waals surface area (Å²) in [5.74, 6) is -1.55. The highest BCUT2D eigenvalue weighted by Gasteiger charge is 2.27. The van der Waals surface area contributed by atoms with Gasteiger partial charge in [-0.05, 0) is 37.5 Å². The Kier molecular flexibility index (Phi) is 3.24. The van der Waals surface area contributed by atoms with Crippen molar-refractivity contribution in [2.45, 2.75) is 44.7 Å². The Morgan fingerprint density at radius 3 is 2.50 bits per heavy atom. The molecule has 0 amide bonds. The quantitative estimate of drug-likeness (QED) is 0.831. The summed E-state index contributed by atoms with van der Waals surface area (Å²) in [5.41, 5.74) is 0.970. The van der Waals surface area contributed by atoms with E-state index < -0.39 is 11.6 Å². The molecule has 1 N–H and O–H groups in total. The predicted octanol–water partition coefficient (Wildman–Crippen LogP) is 3.39.